The van der Waals surface area contributed by atoms with Gasteiger partial charge in [0.05, 0.1) is 11.9 Å². The minimum atomic E-state index is -0.565. The minimum Gasteiger partial charge on any atom is -0.504 e. The van der Waals surface area contributed by atoms with E-state index in [1.54, 1.807) is 24.3 Å². The maximum atomic E-state index is 12.4. The summed E-state index contributed by atoms with van der Waals surface area (Å²) in [4.78, 5) is 24.3. The predicted molar refractivity (Wildman–Crippen MR) is 97.6 cm³/mol. The molecule has 3 aromatic rings. The highest BCUT2D eigenvalue weighted by molar-refractivity contribution is 6.05. The van der Waals surface area contributed by atoms with Crippen LogP contribution in [0, 0.1) is 0 Å². The second-order valence-corrected chi connectivity index (χ2v) is 5.54. The average molecular weight is 350 g/mol. The zero-order valence-corrected chi connectivity index (χ0v) is 14.1. The lowest BCUT2D eigenvalue weighted by atomic mass is 10.2. The molecule has 26 heavy (non-hydrogen) atoms. The summed E-state index contributed by atoms with van der Waals surface area (Å²) in [6, 6.07) is 15.7. The number of nitrogens with one attached hydrogen (secondary N) is 2. The number of para-hydroxylation sites is 1. The van der Waals surface area contributed by atoms with Gasteiger partial charge in [0.2, 0.25) is 0 Å². The van der Waals surface area contributed by atoms with Gasteiger partial charge in [0.25, 0.3) is 11.8 Å². The Hall–Kier alpha value is -3.61. The molecule has 0 aliphatic heterocycles. The van der Waals surface area contributed by atoms with Crippen molar-refractivity contribution in [3.63, 3.8) is 0 Å². The van der Waals surface area contributed by atoms with E-state index in [9.17, 15) is 14.7 Å². The summed E-state index contributed by atoms with van der Waals surface area (Å²) < 4.78 is 1.43. The van der Waals surface area contributed by atoms with Crippen LogP contribution >= 0.6 is 0 Å². The van der Waals surface area contributed by atoms with Gasteiger partial charge in [-0.3, -0.25) is 9.59 Å². The highest BCUT2D eigenvalue weighted by atomic mass is 16.3. The molecule has 0 fully saturated rings. The molecule has 1 heterocycles. The van der Waals surface area contributed by atoms with Gasteiger partial charge in [0, 0.05) is 17.8 Å². The first kappa shape index (κ1) is 17.2. The molecule has 1 aromatic heterocycles. The Bertz CT molecular complexity index is 935. The molecule has 0 unspecified atom stereocenters. The highest BCUT2D eigenvalue weighted by Gasteiger charge is 2.17. The van der Waals surface area contributed by atoms with E-state index in [1.807, 2.05) is 37.3 Å². The molecule has 0 spiro atoms. The molecule has 2 aromatic carbocycles. The standard InChI is InChI=1S/C19H18N4O3/c1-2-20-18(25)13-7-6-8-14(11-13)21-19(26)17-16(24)12-23(22-17)15-9-4-3-5-10-15/h3-12,24H,2H2,1H3,(H,20,25)(H,21,26). The fourth-order valence-electron chi connectivity index (χ4n) is 2.43. The Morgan fingerprint density at radius 3 is 2.58 bits per heavy atom. The number of hydrogen-bond acceptors (Lipinski definition) is 4. The molecule has 7 heteroatoms. The third kappa shape index (κ3) is 3.72. The van der Waals surface area contributed by atoms with Crippen LogP contribution in [-0.2, 0) is 0 Å². The normalized spacial score (nSPS) is 10.3. The molecule has 0 saturated heterocycles. The van der Waals surface area contributed by atoms with E-state index >= 15 is 0 Å². The Morgan fingerprint density at radius 1 is 1.08 bits per heavy atom. The molecule has 3 N–H and O–H groups in total. The van der Waals surface area contributed by atoms with Crippen molar-refractivity contribution in [3.8, 4) is 11.4 Å². The number of aromatic nitrogens is 2. The summed E-state index contributed by atoms with van der Waals surface area (Å²) >= 11 is 0. The molecular weight excluding hydrogens is 332 g/mol. The zero-order chi connectivity index (χ0) is 18.5. The number of hydrogen-bond donors (Lipinski definition) is 3. The lowest BCUT2D eigenvalue weighted by molar-refractivity contribution is 0.0954. The van der Waals surface area contributed by atoms with Crippen molar-refractivity contribution in [3.05, 3.63) is 72.1 Å². The highest BCUT2D eigenvalue weighted by Crippen LogP contribution is 2.20. The first-order chi connectivity index (χ1) is 12.6. The fourth-order valence-corrected chi connectivity index (χ4v) is 2.43. The summed E-state index contributed by atoms with van der Waals surface area (Å²) in [6.45, 7) is 2.34. The van der Waals surface area contributed by atoms with Crippen LogP contribution in [0.4, 0.5) is 5.69 Å². The molecule has 7 nitrogen and oxygen atoms in total. The number of carbonyl (C=O) groups excluding carboxylic acids is 2. The van der Waals surface area contributed by atoms with Crippen molar-refractivity contribution in [1.29, 1.82) is 0 Å². The molecule has 0 atom stereocenters. The summed E-state index contributed by atoms with van der Waals surface area (Å²) in [6.07, 6.45) is 1.37. The summed E-state index contributed by atoms with van der Waals surface area (Å²) in [7, 11) is 0. The van der Waals surface area contributed by atoms with E-state index in [-0.39, 0.29) is 17.4 Å². The van der Waals surface area contributed by atoms with Gasteiger partial charge in [0.15, 0.2) is 11.4 Å². The van der Waals surface area contributed by atoms with Gasteiger partial charge >= 0.3 is 0 Å². The first-order valence-corrected chi connectivity index (χ1v) is 8.12. The number of nitrogens with zero attached hydrogens (tertiary/aromatic N) is 2. The molecule has 0 radical (unpaired) electrons. The Kier molecular flexibility index (Phi) is 4.98. The molecule has 0 saturated carbocycles. The summed E-state index contributed by atoms with van der Waals surface area (Å²) in [5, 5.41) is 19.5. The Labute approximate surface area is 150 Å². The van der Waals surface area contributed by atoms with Crippen molar-refractivity contribution < 1.29 is 14.7 Å². The van der Waals surface area contributed by atoms with Gasteiger partial charge < -0.3 is 15.7 Å². The van der Waals surface area contributed by atoms with Crippen LogP contribution < -0.4 is 10.6 Å². The maximum Gasteiger partial charge on any atom is 0.280 e. The zero-order valence-electron chi connectivity index (χ0n) is 14.1. The van der Waals surface area contributed by atoms with E-state index < -0.39 is 5.91 Å². The van der Waals surface area contributed by atoms with Gasteiger partial charge in [-0.1, -0.05) is 24.3 Å². The lowest BCUT2D eigenvalue weighted by Gasteiger charge is -2.06. The predicted octanol–water partition coefficient (Wildman–Crippen LogP) is 2.58. The van der Waals surface area contributed by atoms with E-state index in [2.05, 4.69) is 15.7 Å². The molecule has 2 amide bonds. The van der Waals surface area contributed by atoms with Crippen LogP contribution in [-0.4, -0.2) is 33.2 Å². The monoisotopic (exact) mass is 350 g/mol. The second kappa shape index (κ2) is 7.52. The van der Waals surface area contributed by atoms with Crippen molar-refractivity contribution in [2.45, 2.75) is 6.92 Å². The minimum absolute atomic E-state index is 0.0998. The van der Waals surface area contributed by atoms with Crippen LogP contribution in [0.5, 0.6) is 5.75 Å². The Morgan fingerprint density at radius 2 is 1.85 bits per heavy atom. The van der Waals surface area contributed by atoms with Crippen LogP contribution in [0.25, 0.3) is 5.69 Å². The van der Waals surface area contributed by atoms with E-state index in [0.717, 1.165) is 5.69 Å². The Balaban J connectivity index is 1.80. The van der Waals surface area contributed by atoms with Crippen molar-refractivity contribution in [2.75, 3.05) is 11.9 Å². The van der Waals surface area contributed by atoms with Crippen LogP contribution in [0.3, 0.4) is 0 Å². The number of carbonyl (C=O) groups is 2. The SMILES string of the molecule is CCNC(=O)c1cccc(NC(=O)c2nn(-c3ccccc3)cc2O)c1. The smallest absolute Gasteiger partial charge is 0.280 e. The van der Waals surface area contributed by atoms with Crippen molar-refractivity contribution in [2.24, 2.45) is 0 Å². The average Bonchev–Trinajstić information content (AvgIpc) is 3.05. The fraction of sp³-hybridized carbons (Fsp3) is 0.105. The number of anilines is 1. The van der Waals surface area contributed by atoms with Crippen LogP contribution in [0.15, 0.2) is 60.8 Å². The summed E-state index contributed by atoms with van der Waals surface area (Å²) in [5.74, 6) is -1.02. The van der Waals surface area contributed by atoms with Gasteiger partial charge in [-0.25, -0.2) is 4.68 Å². The topological polar surface area (TPSA) is 96.3 Å². The third-order valence-corrected chi connectivity index (χ3v) is 3.65. The van der Waals surface area contributed by atoms with Gasteiger partial charge in [-0.2, -0.15) is 5.10 Å². The first-order valence-electron chi connectivity index (χ1n) is 8.12. The van der Waals surface area contributed by atoms with E-state index in [0.29, 0.717) is 17.8 Å². The molecule has 132 valence electrons. The molecule has 3 rings (SSSR count). The van der Waals surface area contributed by atoms with Crippen LogP contribution in [0.2, 0.25) is 0 Å². The van der Waals surface area contributed by atoms with Gasteiger partial charge in [-0.15, -0.1) is 0 Å². The van der Waals surface area contributed by atoms with Crippen LogP contribution in [0.1, 0.15) is 27.8 Å². The number of benzene rings is 2. The van der Waals surface area contributed by atoms with Crippen molar-refractivity contribution >= 4 is 17.5 Å². The maximum absolute atomic E-state index is 12.4. The number of aromatic hydroxyl groups is 1. The molecular formula is C19H18N4O3. The quantitative estimate of drug-likeness (QED) is 0.659. The largest absolute Gasteiger partial charge is 0.504 e. The number of rotatable bonds is 5. The molecule has 0 aliphatic rings. The van der Waals surface area contributed by atoms with Gasteiger partial charge in [0.1, 0.15) is 0 Å². The van der Waals surface area contributed by atoms with Crippen molar-refractivity contribution in [1.82, 2.24) is 15.1 Å². The second-order valence-electron chi connectivity index (χ2n) is 5.54. The molecule has 0 aliphatic carbocycles. The lowest BCUT2D eigenvalue weighted by Crippen LogP contribution is -2.22. The van der Waals surface area contributed by atoms with E-state index in [4.69, 9.17) is 0 Å². The number of amides is 2. The molecule has 0 bridgehead atoms. The third-order valence-electron chi connectivity index (χ3n) is 3.65. The van der Waals surface area contributed by atoms with Gasteiger partial charge in [-0.05, 0) is 37.3 Å². The summed E-state index contributed by atoms with van der Waals surface area (Å²) in [5.41, 5.74) is 1.49. The van der Waals surface area contributed by atoms with E-state index in [1.165, 1.54) is 10.9 Å².